The first-order valence-corrected chi connectivity index (χ1v) is 6.83. The summed E-state index contributed by atoms with van der Waals surface area (Å²) in [6.07, 6.45) is 1.52. The lowest BCUT2D eigenvalue weighted by atomic mass is 10.1. The third kappa shape index (κ3) is 2.59. The average Bonchev–Trinajstić information content (AvgIpc) is 2.88. The van der Waals surface area contributed by atoms with Gasteiger partial charge in [0, 0.05) is 24.1 Å². The first-order valence-electron chi connectivity index (χ1n) is 6.83. The van der Waals surface area contributed by atoms with Gasteiger partial charge in [0.25, 0.3) is 11.7 Å². The molecule has 0 spiro atoms. The minimum Gasteiger partial charge on any atom is -0.350 e. The van der Waals surface area contributed by atoms with Crippen LogP contribution in [0.25, 0.3) is 10.9 Å². The second kappa shape index (κ2) is 5.64. The summed E-state index contributed by atoms with van der Waals surface area (Å²) < 4.78 is 28.8. The van der Waals surface area contributed by atoms with Crippen LogP contribution in [0.4, 0.5) is 14.5 Å². The Morgan fingerprint density at radius 1 is 1.00 bits per heavy atom. The quantitative estimate of drug-likeness (QED) is 0.596. The minimum absolute atomic E-state index is 0.178. The molecule has 0 unspecified atom stereocenters. The van der Waals surface area contributed by atoms with Crippen LogP contribution in [0.2, 0.25) is 0 Å². The molecule has 0 aliphatic heterocycles. The molecule has 116 valence electrons. The number of carbonyl (C=O) groups is 2. The third-order valence-corrected chi connectivity index (χ3v) is 3.55. The number of aryl methyl sites for hydroxylation is 1. The number of anilines is 1. The van der Waals surface area contributed by atoms with E-state index in [1.807, 2.05) is 11.4 Å². The molecule has 1 N–H and O–H groups in total. The van der Waals surface area contributed by atoms with Crippen molar-refractivity contribution in [1.82, 2.24) is 4.57 Å². The van der Waals surface area contributed by atoms with Gasteiger partial charge in [0.05, 0.1) is 5.56 Å². The van der Waals surface area contributed by atoms with Gasteiger partial charge in [0.1, 0.15) is 17.3 Å². The fourth-order valence-corrected chi connectivity index (χ4v) is 2.43. The number of nitrogens with zero attached hydrogens (tertiary/aromatic N) is 1. The van der Waals surface area contributed by atoms with Crippen molar-refractivity contribution < 1.29 is 18.4 Å². The van der Waals surface area contributed by atoms with E-state index in [-0.39, 0.29) is 5.56 Å². The summed E-state index contributed by atoms with van der Waals surface area (Å²) in [7, 11) is 1.74. The smallest absolute Gasteiger partial charge is 0.297 e. The van der Waals surface area contributed by atoms with Crippen molar-refractivity contribution in [1.29, 1.82) is 0 Å². The van der Waals surface area contributed by atoms with Gasteiger partial charge < -0.3 is 9.88 Å². The van der Waals surface area contributed by atoms with Crippen molar-refractivity contribution in [2.24, 2.45) is 7.05 Å². The van der Waals surface area contributed by atoms with E-state index in [0.717, 1.165) is 17.6 Å². The Kier molecular flexibility index (Phi) is 3.65. The Bertz CT molecular complexity index is 911. The van der Waals surface area contributed by atoms with Crippen LogP contribution in [0, 0.1) is 11.6 Å². The number of amides is 1. The highest BCUT2D eigenvalue weighted by Crippen LogP contribution is 2.22. The lowest BCUT2D eigenvalue weighted by molar-refractivity contribution is -0.112. The molecule has 0 fully saturated rings. The molecule has 1 heterocycles. The molecule has 1 aromatic heterocycles. The molecule has 0 aliphatic carbocycles. The number of carbonyl (C=O) groups excluding carboxylic acids is 2. The maximum absolute atomic E-state index is 13.6. The number of halogens is 2. The fraction of sp³-hybridized carbons (Fsp3) is 0.0588. The number of benzene rings is 2. The maximum Gasteiger partial charge on any atom is 0.297 e. The Morgan fingerprint density at radius 2 is 1.65 bits per heavy atom. The summed E-state index contributed by atoms with van der Waals surface area (Å²) in [5.41, 5.74) is 0.323. The molecule has 3 rings (SSSR count). The van der Waals surface area contributed by atoms with Crippen molar-refractivity contribution >= 4 is 28.3 Å². The normalized spacial score (nSPS) is 10.7. The number of ketones is 1. The SMILES string of the molecule is Cn1cc(C(=O)C(=O)Nc2c(F)cccc2F)c2ccccc21. The highest BCUT2D eigenvalue weighted by molar-refractivity contribution is 6.48. The summed E-state index contributed by atoms with van der Waals surface area (Å²) in [5, 5.41) is 2.60. The van der Waals surface area contributed by atoms with Crippen molar-refractivity contribution in [3.05, 3.63) is 65.9 Å². The number of nitrogens with one attached hydrogen (secondary N) is 1. The van der Waals surface area contributed by atoms with Crippen LogP contribution in [0.15, 0.2) is 48.7 Å². The molecule has 0 atom stereocenters. The van der Waals surface area contributed by atoms with Crippen molar-refractivity contribution in [3.63, 3.8) is 0 Å². The molecule has 0 saturated carbocycles. The van der Waals surface area contributed by atoms with Gasteiger partial charge in [-0.25, -0.2) is 8.78 Å². The molecule has 2 aromatic carbocycles. The third-order valence-electron chi connectivity index (χ3n) is 3.55. The summed E-state index contributed by atoms with van der Waals surface area (Å²) >= 11 is 0. The average molecular weight is 314 g/mol. The predicted molar refractivity (Wildman–Crippen MR) is 82.2 cm³/mol. The molecule has 6 heteroatoms. The number of rotatable bonds is 3. The summed E-state index contributed by atoms with van der Waals surface area (Å²) in [5.74, 6) is -3.83. The molecule has 0 saturated heterocycles. The van der Waals surface area contributed by atoms with Crippen LogP contribution in [0.1, 0.15) is 10.4 Å². The van der Waals surface area contributed by atoms with Gasteiger partial charge in [0.2, 0.25) is 0 Å². The molecule has 4 nitrogen and oxygen atoms in total. The first kappa shape index (κ1) is 14.9. The predicted octanol–water partition coefficient (Wildman–Crippen LogP) is 3.28. The van der Waals surface area contributed by atoms with E-state index in [2.05, 4.69) is 0 Å². The molecule has 0 aliphatic rings. The van der Waals surface area contributed by atoms with E-state index in [0.29, 0.717) is 5.39 Å². The minimum atomic E-state index is -1.09. The zero-order chi connectivity index (χ0) is 16.6. The van der Waals surface area contributed by atoms with Gasteiger partial charge in [-0.1, -0.05) is 24.3 Å². The second-order valence-corrected chi connectivity index (χ2v) is 5.05. The Morgan fingerprint density at radius 3 is 2.35 bits per heavy atom. The topological polar surface area (TPSA) is 51.1 Å². The molecule has 0 radical (unpaired) electrons. The molecule has 3 aromatic rings. The zero-order valence-corrected chi connectivity index (χ0v) is 12.1. The fourth-order valence-electron chi connectivity index (χ4n) is 2.43. The monoisotopic (exact) mass is 314 g/mol. The van der Waals surface area contributed by atoms with Gasteiger partial charge in [-0.15, -0.1) is 0 Å². The van der Waals surface area contributed by atoms with Crippen molar-refractivity contribution in [2.45, 2.75) is 0 Å². The molecular formula is C17H12F2N2O2. The molecule has 23 heavy (non-hydrogen) atoms. The molecule has 0 bridgehead atoms. The first-order chi connectivity index (χ1) is 11.0. The van der Waals surface area contributed by atoms with E-state index in [1.165, 1.54) is 12.3 Å². The molecular weight excluding hydrogens is 302 g/mol. The highest BCUT2D eigenvalue weighted by Gasteiger charge is 2.23. The van der Waals surface area contributed by atoms with Gasteiger partial charge in [-0.05, 0) is 18.2 Å². The Labute approximate surface area is 130 Å². The lowest BCUT2D eigenvalue weighted by Gasteiger charge is -2.06. The Balaban J connectivity index is 1.95. The summed E-state index contributed by atoms with van der Waals surface area (Å²) in [4.78, 5) is 24.4. The van der Waals surface area contributed by atoms with Gasteiger partial charge in [-0.3, -0.25) is 9.59 Å². The van der Waals surface area contributed by atoms with E-state index < -0.39 is 29.0 Å². The van der Waals surface area contributed by atoms with Crippen LogP contribution < -0.4 is 5.32 Å². The largest absolute Gasteiger partial charge is 0.350 e. The van der Waals surface area contributed by atoms with E-state index in [9.17, 15) is 18.4 Å². The number of para-hydroxylation sites is 2. The summed E-state index contributed by atoms with van der Waals surface area (Å²) in [6.45, 7) is 0. The van der Waals surface area contributed by atoms with Crippen LogP contribution in [-0.4, -0.2) is 16.3 Å². The van der Waals surface area contributed by atoms with Crippen LogP contribution >= 0.6 is 0 Å². The number of Topliss-reactive ketones (excluding diaryl/α,β-unsaturated/α-hetero) is 1. The lowest BCUT2D eigenvalue weighted by Crippen LogP contribution is -2.24. The molecule has 1 amide bonds. The van der Waals surface area contributed by atoms with Crippen LogP contribution in [0.5, 0.6) is 0 Å². The second-order valence-electron chi connectivity index (χ2n) is 5.05. The van der Waals surface area contributed by atoms with E-state index in [4.69, 9.17) is 0 Å². The van der Waals surface area contributed by atoms with Crippen molar-refractivity contribution in [3.8, 4) is 0 Å². The number of hydrogen-bond acceptors (Lipinski definition) is 2. The van der Waals surface area contributed by atoms with Gasteiger partial charge >= 0.3 is 0 Å². The van der Waals surface area contributed by atoms with Gasteiger partial charge in [-0.2, -0.15) is 0 Å². The van der Waals surface area contributed by atoms with Gasteiger partial charge in [0.15, 0.2) is 0 Å². The zero-order valence-electron chi connectivity index (χ0n) is 12.1. The number of hydrogen-bond donors (Lipinski definition) is 1. The maximum atomic E-state index is 13.6. The van der Waals surface area contributed by atoms with Crippen molar-refractivity contribution in [2.75, 3.05) is 5.32 Å². The van der Waals surface area contributed by atoms with E-state index in [1.54, 1.807) is 29.8 Å². The Hall–Kier alpha value is -3.02. The standard InChI is InChI=1S/C17H12F2N2O2/c1-21-9-11(10-5-2-3-8-14(10)21)16(22)17(23)20-15-12(18)6-4-7-13(15)19/h2-9H,1H3,(H,20,23). The van der Waals surface area contributed by atoms with E-state index >= 15 is 0 Å². The number of aromatic nitrogens is 1. The van der Waals surface area contributed by atoms with Crippen LogP contribution in [0.3, 0.4) is 0 Å². The number of fused-ring (bicyclic) bond motifs is 1. The highest BCUT2D eigenvalue weighted by atomic mass is 19.1. The summed E-state index contributed by atoms with van der Waals surface area (Å²) in [6, 6.07) is 10.2. The van der Waals surface area contributed by atoms with Crippen LogP contribution in [-0.2, 0) is 11.8 Å².